The lowest BCUT2D eigenvalue weighted by molar-refractivity contribution is -0.140. The highest BCUT2D eigenvalue weighted by Crippen LogP contribution is 2.41. The van der Waals surface area contributed by atoms with E-state index in [9.17, 15) is 14.7 Å². The summed E-state index contributed by atoms with van der Waals surface area (Å²) in [5, 5.41) is 13.3. The van der Waals surface area contributed by atoms with Gasteiger partial charge < -0.3 is 14.7 Å². The largest absolute Gasteiger partial charge is 0.507 e. The number of rotatable bonds is 4. The molecule has 2 aromatic rings. The molecule has 0 bridgehead atoms. The Balaban J connectivity index is 1.78. The zero-order chi connectivity index (χ0) is 19.0. The zero-order valence-corrected chi connectivity index (χ0v) is 16.0. The predicted molar refractivity (Wildman–Crippen MR) is 104 cm³/mol. The molecule has 7 heteroatoms. The predicted octanol–water partition coefficient (Wildman–Crippen LogP) is 4.00. The molecule has 2 aliphatic heterocycles. The summed E-state index contributed by atoms with van der Waals surface area (Å²) in [5.74, 6) is -1.45. The summed E-state index contributed by atoms with van der Waals surface area (Å²) in [6.07, 6.45) is 1.72. The topological polar surface area (TPSA) is 66.8 Å². The molecule has 0 unspecified atom stereocenters. The maximum absolute atomic E-state index is 12.8. The van der Waals surface area contributed by atoms with Crippen LogP contribution in [-0.4, -0.2) is 41.0 Å². The van der Waals surface area contributed by atoms with E-state index in [2.05, 4.69) is 0 Å². The Bertz CT molecular complexity index is 885. The molecule has 2 saturated heterocycles. The number of Topliss-reactive ketones (excluding diaryl/α,β-unsaturated/α-hetero) is 1. The number of ether oxygens (including phenoxy) is 1. The van der Waals surface area contributed by atoms with Gasteiger partial charge in [-0.1, -0.05) is 17.7 Å². The average Bonchev–Trinajstić information content (AvgIpc) is 3.40. The van der Waals surface area contributed by atoms with Gasteiger partial charge in [-0.3, -0.25) is 9.59 Å². The van der Waals surface area contributed by atoms with Gasteiger partial charge in [0.2, 0.25) is 0 Å². The van der Waals surface area contributed by atoms with Crippen molar-refractivity contribution in [1.29, 1.82) is 0 Å². The minimum absolute atomic E-state index is 0.0822. The molecule has 3 heterocycles. The van der Waals surface area contributed by atoms with Crippen molar-refractivity contribution in [2.45, 2.75) is 25.0 Å². The Hall–Kier alpha value is -2.15. The third-order valence-corrected chi connectivity index (χ3v) is 6.07. The van der Waals surface area contributed by atoms with Gasteiger partial charge in [-0.25, -0.2) is 0 Å². The van der Waals surface area contributed by atoms with E-state index >= 15 is 0 Å². The Labute approximate surface area is 165 Å². The van der Waals surface area contributed by atoms with Crippen molar-refractivity contribution in [2.75, 3.05) is 13.2 Å². The van der Waals surface area contributed by atoms with E-state index in [0.717, 1.165) is 17.7 Å². The van der Waals surface area contributed by atoms with Crippen LogP contribution in [0.25, 0.3) is 5.76 Å². The number of ketones is 1. The molecule has 0 radical (unpaired) electrons. The van der Waals surface area contributed by atoms with Crippen LogP contribution in [0.1, 0.15) is 29.3 Å². The lowest BCUT2D eigenvalue weighted by Crippen LogP contribution is -2.36. The monoisotopic (exact) mass is 403 g/mol. The first-order chi connectivity index (χ1) is 13.1. The number of halogens is 1. The number of hydrogen-bond acceptors (Lipinski definition) is 5. The summed E-state index contributed by atoms with van der Waals surface area (Å²) in [6, 6.07) is 9.68. The second-order valence-corrected chi connectivity index (χ2v) is 8.02. The second-order valence-electron chi connectivity index (χ2n) is 6.61. The van der Waals surface area contributed by atoms with Crippen LogP contribution in [0, 0.1) is 0 Å². The van der Waals surface area contributed by atoms with Crippen molar-refractivity contribution in [3.05, 3.63) is 62.8 Å². The summed E-state index contributed by atoms with van der Waals surface area (Å²) in [7, 11) is 0. The van der Waals surface area contributed by atoms with E-state index in [1.165, 1.54) is 16.2 Å². The highest BCUT2D eigenvalue weighted by Gasteiger charge is 2.47. The summed E-state index contributed by atoms with van der Waals surface area (Å²) in [4.78, 5) is 27.9. The molecule has 27 heavy (non-hydrogen) atoms. The van der Waals surface area contributed by atoms with Gasteiger partial charge in [0, 0.05) is 28.6 Å². The summed E-state index contributed by atoms with van der Waals surface area (Å²) in [5.41, 5.74) is 0.568. The molecule has 0 aliphatic carbocycles. The Morgan fingerprint density at radius 2 is 2.04 bits per heavy atom. The van der Waals surface area contributed by atoms with Gasteiger partial charge in [-0.15, -0.1) is 11.3 Å². The first-order valence-corrected chi connectivity index (χ1v) is 10.0. The minimum Gasteiger partial charge on any atom is -0.507 e. The van der Waals surface area contributed by atoms with E-state index < -0.39 is 17.7 Å². The van der Waals surface area contributed by atoms with Crippen molar-refractivity contribution < 1.29 is 19.4 Å². The molecule has 2 fully saturated rings. The smallest absolute Gasteiger partial charge is 0.295 e. The molecule has 5 nitrogen and oxygen atoms in total. The fourth-order valence-electron chi connectivity index (χ4n) is 3.58. The molecule has 1 amide bonds. The number of carbonyl (C=O) groups excluding carboxylic acids is 2. The van der Waals surface area contributed by atoms with Crippen LogP contribution in [0.5, 0.6) is 0 Å². The van der Waals surface area contributed by atoms with E-state index in [1.54, 1.807) is 24.3 Å². The third-order valence-electron chi connectivity index (χ3n) is 4.89. The Kier molecular flexibility index (Phi) is 5.04. The molecular formula is C20H18ClNO4S. The van der Waals surface area contributed by atoms with Gasteiger partial charge in [0.25, 0.3) is 11.7 Å². The summed E-state index contributed by atoms with van der Waals surface area (Å²) >= 11 is 7.37. The van der Waals surface area contributed by atoms with Gasteiger partial charge in [-0.2, -0.15) is 0 Å². The number of aliphatic hydroxyl groups excluding tert-OH is 1. The number of amides is 1. The number of nitrogens with zero attached hydrogens (tertiary/aromatic N) is 1. The van der Waals surface area contributed by atoms with Gasteiger partial charge in [0.1, 0.15) is 5.76 Å². The minimum atomic E-state index is -0.668. The fraction of sp³-hybridized carbons (Fsp3) is 0.300. The first kappa shape index (κ1) is 18.2. The molecule has 1 aromatic heterocycles. The molecule has 4 rings (SSSR count). The molecule has 140 valence electrons. The number of likely N-dealkylation sites (tertiary alicyclic amines) is 1. The highest BCUT2D eigenvalue weighted by molar-refractivity contribution is 7.10. The lowest BCUT2D eigenvalue weighted by Gasteiger charge is -2.26. The van der Waals surface area contributed by atoms with Gasteiger partial charge in [-0.05, 0) is 48.6 Å². The molecule has 0 saturated carbocycles. The van der Waals surface area contributed by atoms with Crippen LogP contribution in [0.15, 0.2) is 47.4 Å². The zero-order valence-electron chi connectivity index (χ0n) is 14.4. The van der Waals surface area contributed by atoms with E-state index in [1.807, 2.05) is 17.5 Å². The van der Waals surface area contributed by atoms with Crippen LogP contribution in [-0.2, 0) is 14.3 Å². The molecule has 1 aromatic carbocycles. The van der Waals surface area contributed by atoms with Crippen molar-refractivity contribution in [1.82, 2.24) is 4.90 Å². The standard InChI is InChI=1S/C20H18ClNO4S/c21-13-7-5-12(6-8-13)18(23)16-17(15-4-2-10-27-15)22(20(25)19(16)24)11-14-3-1-9-26-14/h2,4-8,10,14,17,23H,1,3,9,11H2/b18-16+/t14-,17-/m0/s1. The number of carbonyl (C=O) groups is 2. The number of benzene rings is 1. The first-order valence-electron chi connectivity index (χ1n) is 8.75. The maximum atomic E-state index is 12.8. The van der Waals surface area contributed by atoms with E-state index in [-0.39, 0.29) is 17.4 Å². The van der Waals surface area contributed by atoms with Crippen molar-refractivity contribution >= 4 is 40.4 Å². The van der Waals surface area contributed by atoms with Crippen LogP contribution in [0.3, 0.4) is 0 Å². The SMILES string of the molecule is O=C1C(=O)N(C[C@@H]2CCCO2)[C@@H](c2cccs2)/C1=C(\O)c1ccc(Cl)cc1. The average molecular weight is 404 g/mol. The third kappa shape index (κ3) is 3.40. The van der Waals surface area contributed by atoms with Crippen molar-refractivity contribution in [3.8, 4) is 0 Å². The van der Waals surface area contributed by atoms with E-state index in [0.29, 0.717) is 23.7 Å². The van der Waals surface area contributed by atoms with Gasteiger partial charge in [0.05, 0.1) is 17.7 Å². The summed E-state index contributed by atoms with van der Waals surface area (Å²) < 4.78 is 5.66. The molecule has 1 N–H and O–H groups in total. The number of thiophene rings is 1. The van der Waals surface area contributed by atoms with Crippen LogP contribution >= 0.6 is 22.9 Å². The Morgan fingerprint density at radius 3 is 2.67 bits per heavy atom. The maximum Gasteiger partial charge on any atom is 0.295 e. The number of aliphatic hydroxyl groups is 1. The molecule has 0 spiro atoms. The Morgan fingerprint density at radius 1 is 1.26 bits per heavy atom. The highest BCUT2D eigenvalue weighted by atomic mass is 35.5. The number of hydrogen-bond donors (Lipinski definition) is 1. The molecule has 2 atom stereocenters. The quantitative estimate of drug-likeness (QED) is 0.476. The lowest BCUT2D eigenvalue weighted by atomic mass is 10.00. The van der Waals surface area contributed by atoms with Gasteiger partial charge in [0.15, 0.2) is 0 Å². The van der Waals surface area contributed by atoms with Crippen molar-refractivity contribution in [2.24, 2.45) is 0 Å². The van der Waals surface area contributed by atoms with Crippen LogP contribution in [0.4, 0.5) is 0 Å². The van der Waals surface area contributed by atoms with Crippen molar-refractivity contribution in [3.63, 3.8) is 0 Å². The normalized spacial score (nSPS) is 24.7. The van der Waals surface area contributed by atoms with E-state index in [4.69, 9.17) is 16.3 Å². The van der Waals surface area contributed by atoms with Crippen LogP contribution in [0.2, 0.25) is 5.02 Å². The van der Waals surface area contributed by atoms with Gasteiger partial charge >= 0.3 is 0 Å². The van der Waals surface area contributed by atoms with Crippen LogP contribution < -0.4 is 0 Å². The molecular weight excluding hydrogens is 386 g/mol. The second kappa shape index (κ2) is 7.46. The fourth-order valence-corrected chi connectivity index (χ4v) is 4.55. The summed E-state index contributed by atoms with van der Waals surface area (Å²) in [6.45, 7) is 1.01. The molecule has 2 aliphatic rings.